The summed E-state index contributed by atoms with van der Waals surface area (Å²) in [5, 5.41) is 14.7. The smallest absolute Gasteiger partial charge is 0.274 e. The van der Waals surface area contributed by atoms with E-state index in [1.807, 2.05) is 24.3 Å². The van der Waals surface area contributed by atoms with Gasteiger partial charge in [0.2, 0.25) is 5.91 Å². The zero-order valence-electron chi connectivity index (χ0n) is 13.7. The summed E-state index contributed by atoms with van der Waals surface area (Å²) in [7, 11) is 0. The average Bonchev–Trinajstić information content (AvgIpc) is 2.99. The lowest BCUT2D eigenvalue weighted by molar-refractivity contribution is -0.385. The number of thiazole rings is 1. The first-order chi connectivity index (χ1) is 12.0. The van der Waals surface area contributed by atoms with E-state index in [2.05, 4.69) is 10.3 Å². The van der Waals surface area contributed by atoms with Gasteiger partial charge in [0.15, 0.2) is 0 Å². The lowest BCUT2D eigenvalue weighted by Crippen LogP contribution is -2.12. The van der Waals surface area contributed by atoms with Crippen LogP contribution in [0.25, 0.3) is 10.2 Å². The van der Waals surface area contributed by atoms with E-state index < -0.39 is 4.92 Å². The van der Waals surface area contributed by atoms with Crippen LogP contribution in [0.3, 0.4) is 0 Å². The zero-order valence-corrected chi connectivity index (χ0v) is 14.5. The van der Waals surface area contributed by atoms with Crippen LogP contribution < -0.4 is 5.32 Å². The predicted octanol–water partition coefficient (Wildman–Crippen LogP) is 4.47. The van der Waals surface area contributed by atoms with Crippen LogP contribution in [-0.2, 0) is 11.2 Å². The number of nitrogens with one attached hydrogen (secondary N) is 1. The Bertz CT molecular complexity index is 903. The fourth-order valence-electron chi connectivity index (χ4n) is 2.60. The molecular formula is C18H17N3O3S. The Morgan fingerprint density at radius 2 is 2.04 bits per heavy atom. The summed E-state index contributed by atoms with van der Waals surface area (Å²) in [6, 6.07) is 12.6. The Balaban J connectivity index is 1.56. The van der Waals surface area contributed by atoms with Crippen molar-refractivity contribution in [1.82, 2.24) is 4.98 Å². The SMILES string of the molecule is Cc1c(NC(=O)CCCc2nc3ccccc3s2)cccc1[N+](=O)[O-]. The molecule has 0 fully saturated rings. The molecule has 128 valence electrons. The number of aromatic nitrogens is 1. The van der Waals surface area contributed by atoms with E-state index in [-0.39, 0.29) is 11.6 Å². The quantitative estimate of drug-likeness (QED) is 0.522. The number of para-hydroxylation sites is 1. The summed E-state index contributed by atoms with van der Waals surface area (Å²) in [6.45, 7) is 1.63. The van der Waals surface area contributed by atoms with Gasteiger partial charge in [-0.05, 0) is 38.0 Å². The van der Waals surface area contributed by atoms with E-state index in [4.69, 9.17) is 0 Å². The predicted molar refractivity (Wildman–Crippen MR) is 99.0 cm³/mol. The largest absolute Gasteiger partial charge is 0.326 e. The van der Waals surface area contributed by atoms with Crippen molar-refractivity contribution < 1.29 is 9.72 Å². The van der Waals surface area contributed by atoms with E-state index in [9.17, 15) is 14.9 Å². The molecule has 25 heavy (non-hydrogen) atoms. The van der Waals surface area contributed by atoms with Gasteiger partial charge in [-0.2, -0.15) is 0 Å². The van der Waals surface area contributed by atoms with Gasteiger partial charge in [-0.1, -0.05) is 18.2 Å². The maximum atomic E-state index is 12.1. The molecule has 0 aliphatic rings. The minimum Gasteiger partial charge on any atom is -0.326 e. The van der Waals surface area contributed by atoms with Gasteiger partial charge in [0.25, 0.3) is 5.69 Å². The fraction of sp³-hybridized carbons (Fsp3) is 0.222. The van der Waals surface area contributed by atoms with E-state index in [1.165, 1.54) is 6.07 Å². The van der Waals surface area contributed by atoms with E-state index in [0.717, 1.165) is 21.6 Å². The number of benzene rings is 2. The van der Waals surface area contributed by atoms with E-state index in [1.54, 1.807) is 30.4 Å². The molecule has 0 aliphatic carbocycles. The molecule has 3 aromatic rings. The van der Waals surface area contributed by atoms with Gasteiger partial charge in [0, 0.05) is 12.5 Å². The number of hydrogen-bond acceptors (Lipinski definition) is 5. The van der Waals surface area contributed by atoms with Crippen LogP contribution in [0.2, 0.25) is 0 Å². The summed E-state index contributed by atoms with van der Waals surface area (Å²) in [4.78, 5) is 27.2. The normalized spacial score (nSPS) is 10.8. The second kappa shape index (κ2) is 7.40. The highest BCUT2D eigenvalue weighted by Gasteiger charge is 2.14. The molecule has 7 heteroatoms. The molecule has 1 heterocycles. The Morgan fingerprint density at radius 3 is 2.80 bits per heavy atom. The maximum Gasteiger partial charge on any atom is 0.274 e. The van der Waals surface area contributed by atoms with Gasteiger partial charge in [-0.25, -0.2) is 4.98 Å². The summed E-state index contributed by atoms with van der Waals surface area (Å²) >= 11 is 1.64. The second-order valence-electron chi connectivity index (χ2n) is 5.68. The van der Waals surface area contributed by atoms with Crippen LogP contribution >= 0.6 is 11.3 Å². The lowest BCUT2D eigenvalue weighted by atomic mass is 10.1. The summed E-state index contributed by atoms with van der Waals surface area (Å²) < 4.78 is 1.15. The topological polar surface area (TPSA) is 85.1 Å². The molecular weight excluding hydrogens is 338 g/mol. The van der Waals surface area contributed by atoms with Crippen LogP contribution in [0.15, 0.2) is 42.5 Å². The van der Waals surface area contributed by atoms with Gasteiger partial charge in [-0.3, -0.25) is 14.9 Å². The average molecular weight is 355 g/mol. The van der Waals surface area contributed by atoms with Gasteiger partial charge < -0.3 is 5.32 Å². The number of nitro benzene ring substituents is 1. The Morgan fingerprint density at radius 1 is 1.24 bits per heavy atom. The van der Waals surface area contributed by atoms with E-state index >= 15 is 0 Å². The highest BCUT2D eigenvalue weighted by Crippen LogP contribution is 2.26. The highest BCUT2D eigenvalue weighted by molar-refractivity contribution is 7.18. The second-order valence-corrected chi connectivity index (χ2v) is 6.80. The highest BCUT2D eigenvalue weighted by atomic mass is 32.1. The molecule has 0 spiro atoms. The molecule has 0 bridgehead atoms. The molecule has 1 amide bonds. The molecule has 0 aliphatic heterocycles. The number of carbonyl (C=O) groups excluding carboxylic acids is 1. The minimum atomic E-state index is -0.446. The van der Waals surface area contributed by atoms with Crippen molar-refractivity contribution in [1.29, 1.82) is 0 Å². The summed E-state index contributed by atoms with van der Waals surface area (Å²) in [5.74, 6) is -0.148. The van der Waals surface area contributed by atoms with Gasteiger partial charge >= 0.3 is 0 Å². The van der Waals surface area contributed by atoms with Gasteiger partial charge in [0.1, 0.15) is 0 Å². The van der Waals surface area contributed by atoms with Crippen molar-refractivity contribution in [3.63, 3.8) is 0 Å². The number of fused-ring (bicyclic) bond motifs is 1. The molecule has 0 atom stereocenters. The van der Waals surface area contributed by atoms with E-state index in [0.29, 0.717) is 24.1 Å². The third-order valence-corrected chi connectivity index (χ3v) is 5.00. The van der Waals surface area contributed by atoms with Crippen LogP contribution in [-0.4, -0.2) is 15.8 Å². The van der Waals surface area contributed by atoms with Crippen LogP contribution in [0.5, 0.6) is 0 Å². The number of aryl methyl sites for hydroxylation is 1. The van der Waals surface area contributed by atoms with Crippen LogP contribution in [0.4, 0.5) is 11.4 Å². The third kappa shape index (κ3) is 4.00. The van der Waals surface area contributed by atoms with Crippen molar-refractivity contribution in [2.24, 2.45) is 0 Å². The monoisotopic (exact) mass is 355 g/mol. The molecule has 1 aromatic heterocycles. The zero-order chi connectivity index (χ0) is 17.8. The Kier molecular flexibility index (Phi) is 5.04. The fourth-order valence-corrected chi connectivity index (χ4v) is 3.61. The molecule has 6 nitrogen and oxygen atoms in total. The van der Waals surface area contributed by atoms with Crippen molar-refractivity contribution in [2.45, 2.75) is 26.2 Å². The maximum absolute atomic E-state index is 12.1. The summed E-state index contributed by atoms with van der Waals surface area (Å²) in [5.41, 5.74) is 1.94. The Labute approximate surface area is 148 Å². The first-order valence-electron chi connectivity index (χ1n) is 7.93. The molecule has 3 rings (SSSR count). The molecule has 0 unspecified atom stereocenters. The van der Waals surface area contributed by atoms with Crippen LogP contribution in [0, 0.1) is 17.0 Å². The first-order valence-corrected chi connectivity index (χ1v) is 8.74. The number of amides is 1. The first kappa shape index (κ1) is 17.0. The molecule has 0 radical (unpaired) electrons. The number of carbonyl (C=O) groups is 1. The lowest BCUT2D eigenvalue weighted by Gasteiger charge is -2.08. The third-order valence-electron chi connectivity index (χ3n) is 3.91. The molecule has 0 saturated heterocycles. The summed E-state index contributed by atoms with van der Waals surface area (Å²) in [6.07, 6.45) is 1.76. The number of anilines is 1. The van der Waals surface area contributed by atoms with Gasteiger partial charge in [0.05, 0.1) is 31.4 Å². The number of rotatable bonds is 6. The number of nitrogens with zero attached hydrogens (tertiary/aromatic N) is 2. The van der Waals surface area contributed by atoms with Crippen molar-refractivity contribution in [3.05, 3.63) is 63.1 Å². The van der Waals surface area contributed by atoms with Crippen molar-refractivity contribution >= 4 is 38.8 Å². The molecule has 1 N–H and O–H groups in total. The van der Waals surface area contributed by atoms with Crippen molar-refractivity contribution in [3.8, 4) is 0 Å². The number of hydrogen-bond donors (Lipinski definition) is 1. The number of nitro groups is 1. The van der Waals surface area contributed by atoms with Crippen LogP contribution in [0.1, 0.15) is 23.4 Å². The Hall–Kier alpha value is -2.80. The minimum absolute atomic E-state index is 0.00674. The van der Waals surface area contributed by atoms with Gasteiger partial charge in [-0.15, -0.1) is 11.3 Å². The molecule has 2 aromatic carbocycles. The molecule has 0 saturated carbocycles. The van der Waals surface area contributed by atoms with Crippen molar-refractivity contribution in [2.75, 3.05) is 5.32 Å². The standard InChI is InChI=1S/C18H17N3O3S/c1-12-13(7-4-8-15(12)21(23)24)19-17(22)10-5-11-18-20-14-6-2-3-9-16(14)25-18/h2-4,6-9H,5,10-11H2,1H3,(H,19,22).